The van der Waals surface area contributed by atoms with E-state index in [9.17, 15) is 15.0 Å². The lowest BCUT2D eigenvalue weighted by Gasteiger charge is -2.19. The van der Waals surface area contributed by atoms with Crippen LogP contribution < -0.4 is 5.32 Å². The lowest BCUT2D eigenvalue weighted by Crippen LogP contribution is -2.45. The molecule has 4 nitrogen and oxygen atoms in total. The largest absolute Gasteiger partial charge is 0.394 e. The molecule has 0 aliphatic heterocycles. The van der Waals surface area contributed by atoms with Gasteiger partial charge in [0.05, 0.1) is 18.8 Å². The Morgan fingerprint density at radius 1 is 0.312 bits per heavy atom. The van der Waals surface area contributed by atoms with Gasteiger partial charge in [0.25, 0.3) is 0 Å². The van der Waals surface area contributed by atoms with Crippen molar-refractivity contribution in [2.24, 2.45) is 0 Å². The first-order chi connectivity index (χ1) is 39.7. The normalized spacial score (nSPS) is 13.1. The maximum absolute atomic E-state index is 12.5. The molecule has 2 unspecified atom stereocenters. The van der Waals surface area contributed by atoms with Crippen LogP contribution in [0.3, 0.4) is 0 Å². The molecule has 3 N–H and O–H groups in total. The van der Waals surface area contributed by atoms with E-state index in [0.29, 0.717) is 6.42 Å². The molecule has 0 radical (unpaired) electrons. The van der Waals surface area contributed by atoms with Gasteiger partial charge in [0.2, 0.25) is 5.91 Å². The molecule has 1 amide bonds. The summed E-state index contributed by atoms with van der Waals surface area (Å²) in [6.45, 7) is 4.23. The Hall–Kier alpha value is -2.17. The van der Waals surface area contributed by atoms with E-state index in [4.69, 9.17) is 0 Å². The first kappa shape index (κ1) is 77.8. The Morgan fingerprint density at radius 3 is 0.875 bits per heavy atom. The lowest BCUT2D eigenvalue weighted by atomic mass is 10.0. The number of nitrogens with one attached hydrogen (secondary N) is 1. The fraction of sp³-hybridized carbons (Fsp3) is 0.829. The fourth-order valence-electron chi connectivity index (χ4n) is 11.3. The maximum atomic E-state index is 12.5. The van der Waals surface area contributed by atoms with Crippen molar-refractivity contribution in [3.63, 3.8) is 0 Å². The van der Waals surface area contributed by atoms with Crippen LogP contribution in [0.4, 0.5) is 0 Å². The number of carbonyl (C=O) groups excluding carboxylic acids is 1. The SMILES string of the molecule is CC/C=C\C/C=C\C/C=C\C/C=C\CCCCCCCCCCCCCCCCCCCCCCCCCCC(=O)NC(CO)C(O)/C=C/CC/C=C/CCCCCCCCCCCCCCCCCCCCCCCCCCC. The van der Waals surface area contributed by atoms with E-state index in [1.807, 2.05) is 6.08 Å². The van der Waals surface area contributed by atoms with Crippen molar-refractivity contribution in [3.05, 3.63) is 72.9 Å². The van der Waals surface area contributed by atoms with Crippen molar-refractivity contribution >= 4 is 5.91 Å². The molecule has 0 heterocycles. The molecule has 0 aromatic rings. The molecule has 4 heteroatoms. The summed E-state index contributed by atoms with van der Waals surface area (Å²) in [6, 6.07) is -0.642. The van der Waals surface area contributed by atoms with Gasteiger partial charge < -0.3 is 15.5 Å². The molecule has 0 rings (SSSR count). The zero-order valence-corrected chi connectivity index (χ0v) is 54.1. The second kappa shape index (κ2) is 71.1. The summed E-state index contributed by atoms with van der Waals surface area (Å²) in [6.07, 6.45) is 103. The number of amides is 1. The van der Waals surface area contributed by atoms with Crippen LogP contribution in [0.5, 0.6) is 0 Å². The minimum absolute atomic E-state index is 0.0671. The van der Waals surface area contributed by atoms with E-state index < -0.39 is 12.1 Å². The second-order valence-corrected chi connectivity index (χ2v) is 24.6. The van der Waals surface area contributed by atoms with Gasteiger partial charge in [0.1, 0.15) is 0 Å². The van der Waals surface area contributed by atoms with E-state index in [1.54, 1.807) is 6.08 Å². The molecule has 0 aromatic carbocycles. The van der Waals surface area contributed by atoms with Crippen LogP contribution in [0, 0.1) is 0 Å². The smallest absolute Gasteiger partial charge is 0.220 e. The lowest BCUT2D eigenvalue weighted by molar-refractivity contribution is -0.123. The van der Waals surface area contributed by atoms with Crippen molar-refractivity contribution in [3.8, 4) is 0 Å². The highest BCUT2D eigenvalue weighted by Gasteiger charge is 2.18. The summed E-state index contributed by atoms with van der Waals surface area (Å²) >= 11 is 0. The Bertz CT molecular complexity index is 1360. The van der Waals surface area contributed by atoms with Gasteiger partial charge in [-0.2, -0.15) is 0 Å². The van der Waals surface area contributed by atoms with Gasteiger partial charge >= 0.3 is 0 Å². The molecule has 0 fully saturated rings. The molecule has 2 atom stereocenters. The van der Waals surface area contributed by atoms with Crippen molar-refractivity contribution in [2.45, 2.75) is 398 Å². The standard InChI is InChI=1S/C76H141NO3/c1-3-5-7-9-11-13-15-17-19-21-23-25-27-29-31-33-35-36-37-38-39-40-42-44-46-48-50-52-54-56-58-60-62-64-66-68-70-72-76(80)77-74(73-78)75(79)71-69-67-65-63-61-59-57-55-53-51-49-47-45-43-41-34-32-30-28-26-24-22-20-18-16-14-12-10-8-6-4-2/h5,7,11,13,17,19,23,25,61,63,69,71,74-75,78-79H,3-4,6,8-10,12,14-16,18,20-22,24,26-60,62,64-68,70,72-73H2,1-2H3,(H,77,80)/b7-5-,13-11-,19-17-,25-23-,63-61+,71-69+. The van der Waals surface area contributed by atoms with E-state index in [0.717, 1.165) is 57.8 Å². The number of hydrogen-bond donors (Lipinski definition) is 3. The molecule has 0 aliphatic carbocycles. The Kier molecular flexibility index (Phi) is 69.2. The van der Waals surface area contributed by atoms with E-state index in [2.05, 4.69) is 79.9 Å². The molecule has 0 aliphatic rings. The fourth-order valence-corrected chi connectivity index (χ4v) is 11.3. The third-order valence-electron chi connectivity index (χ3n) is 16.7. The van der Waals surface area contributed by atoms with Crippen LogP contribution in [-0.2, 0) is 4.79 Å². The number of aliphatic hydroxyl groups excluding tert-OH is 2. The summed E-state index contributed by atoms with van der Waals surface area (Å²) in [4.78, 5) is 12.5. The summed E-state index contributed by atoms with van der Waals surface area (Å²) in [5.41, 5.74) is 0. The van der Waals surface area contributed by atoms with E-state index >= 15 is 0 Å². The number of unbranched alkanes of at least 4 members (excludes halogenated alkanes) is 50. The monoisotopic (exact) mass is 1120 g/mol. The topological polar surface area (TPSA) is 69.6 Å². The minimum atomic E-state index is -0.865. The first-order valence-electron chi connectivity index (χ1n) is 36.2. The van der Waals surface area contributed by atoms with Crippen LogP contribution >= 0.6 is 0 Å². The quantitative estimate of drug-likeness (QED) is 0.0420. The third-order valence-corrected chi connectivity index (χ3v) is 16.7. The molecule has 0 aromatic heterocycles. The van der Waals surface area contributed by atoms with Crippen molar-refractivity contribution < 1.29 is 15.0 Å². The number of rotatable bonds is 67. The number of carbonyl (C=O) groups is 1. The second-order valence-electron chi connectivity index (χ2n) is 24.6. The maximum Gasteiger partial charge on any atom is 0.220 e. The van der Waals surface area contributed by atoms with Gasteiger partial charge in [-0.3, -0.25) is 4.79 Å². The highest BCUT2D eigenvalue weighted by atomic mass is 16.3. The number of aliphatic hydroxyl groups is 2. The van der Waals surface area contributed by atoms with Gasteiger partial charge in [-0.05, 0) is 70.6 Å². The summed E-state index contributed by atoms with van der Waals surface area (Å²) in [5, 5.41) is 23.3. The highest BCUT2D eigenvalue weighted by molar-refractivity contribution is 5.76. The Balaban J connectivity index is 3.44. The molecule has 80 heavy (non-hydrogen) atoms. The summed E-state index contributed by atoms with van der Waals surface area (Å²) < 4.78 is 0. The van der Waals surface area contributed by atoms with Gasteiger partial charge in [0.15, 0.2) is 0 Å². The van der Waals surface area contributed by atoms with Crippen LogP contribution in [0.25, 0.3) is 0 Å². The molecule has 0 spiro atoms. The predicted octanol–water partition coefficient (Wildman–Crippen LogP) is 24.8. The summed E-state index contributed by atoms with van der Waals surface area (Å²) in [5.74, 6) is -0.0671. The minimum Gasteiger partial charge on any atom is -0.394 e. The third kappa shape index (κ3) is 66.6. The van der Waals surface area contributed by atoms with Crippen LogP contribution in [-0.4, -0.2) is 34.9 Å². The van der Waals surface area contributed by atoms with E-state index in [1.165, 1.54) is 308 Å². The Morgan fingerprint density at radius 2 is 0.562 bits per heavy atom. The van der Waals surface area contributed by atoms with Crippen molar-refractivity contribution in [2.75, 3.05) is 6.61 Å². The predicted molar refractivity (Wildman–Crippen MR) is 359 cm³/mol. The number of allylic oxidation sites excluding steroid dienone is 11. The van der Waals surface area contributed by atoms with Crippen LogP contribution in [0.2, 0.25) is 0 Å². The molecule has 0 saturated carbocycles. The van der Waals surface area contributed by atoms with E-state index in [-0.39, 0.29) is 12.5 Å². The molecular formula is C76H141NO3. The van der Waals surface area contributed by atoms with Crippen molar-refractivity contribution in [1.82, 2.24) is 5.32 Å². The van der Waals surface area contributed by atoms with Gasteiger partial charge in [-0.25, -0.2) is 0 Å². The van der Waals surface area contributed by atoms with Gasteiger partial charge in [-0.15, -0.1) is 0 Å². The number of hydrogen-bond acceptors (Lipinski definition) is 3. The van der Waals surface area contributed by atoms with Gasteiger partial charge in [0, 0.05) is 6.42 Å². The average Bonchev–Trinajstić information content (AvgIpc) is 3.46. The van der Waals surface area contributed by atoms with Crippen molar-refractivity contribution in [1.29, 1.82) is 0 Å². The molecule has 0 saturated heterocycles. The highest BCUT2D eigenvalue weighted by Crippen LogP contribution is 2.19. The zero-order chi connectivity index (χ0) is 57.6. The molecule has 468 valence electrons. The summed E-state index contributed by atoms with van der Waals surface area (Å²) in [7, 11) is 0. The Labute approximate surface area is 501 Å². The van der Waals surface area contributed by atoms with Crippen LogP contribution in [0.15, 0.2) is 72.9 Å². The first-order valence-corrected chi connectivity index (χ1v) is 36.2. The van der Waals surface area contributed by atoms with Crippen LogP contribution in [0.1, 0.15) is 386 Å². The molecular weight excluding hydrogens is 975 g/mol. The molecule has 0 bridgehead atoms. The average molecular weight is 1120 g/mol. The van der Waals surface area contributed by atoms with Gasteiger partial charge in [-0.1, -0.05) is 382 Å². The zero-order valence-electron chi connectivity index (χ0n) is 54.1.